The molecule has 4 rings (SSSR count). The van der Waals surface area contributed by atoms with Crippen LogP contribution in [0.2, 0.25) is 0 Å². The van der Waals surface area contributed by atoms with Gasteiger partial charge < -0.3 is 9.67 Å². The van der Waals surface area contributed by atoms with E-state index in [0.717, 1.165) is 23.4 Å². The number of aliphatic carboxylic acids is 1. The van der Waals surface area contributed by atoms with Gasteiger partial charge in [0, 0.05) is 37.2 Å². The van der Waals surface area contributed by atoms with Crippen LogP contribution in [0.25, 0.3) is 0 Å². The van der Waals surface area contributed by atoms with Crippen molar-refractivity contribution in [2.45, 2.75) is 43.6 Å². The summed E-state index contributed by atoms with van der Waals surface area (Å²) in [5.74, 6) is -0.637. The molecule has 1 aliphatic rings. The lowest BCUT2D eigenvalue weighted by molar-refractivity contribution is -0.137. The normalized spacial score (nSPS) is 20.3. The van der Waals surface area contributed by atoms with Crippen molar-refractivity contribution in [3.05, 3.63) is 95.8 Å². The fourth-order valence-electron chi connectivity index (χ4n) is 4.79. The average Bonchev–Trinajstić information content (AvgIpc) is 3.33. The van der Waals surface area contributed by atoms with E-state index in [0.29, 0.717) is 19.3 Å². The second-order valence-corrected chi connectivity index (χ2v) is 7.71. The maximum Gasteiger partial charge on any atom is 0.303 e. The lowest BCUT2D eigenvalue weighted by Gasteiger charge is -2.35. The Bertz CT molecular complexity index is 993. The van der Waals surface area contributed by atoms with E-state index >= 15 is 0 Å². The lowest BCUT2D eigenvalue weighted by Crippen LogP contribution is -2.40. The van der Waals surface area contributed by atoms with Crippen molar-refractivity contribution in [1.82, 2.24) is 4.57 Å². The largest absolute Gasteiger partial charge is 0.481 e. The van der Waals surface area contributed by atoms with Gasteiger partial charge in [-0.3, -0.25) is 9.59 Å². The maximum atomic E-state index is 13.9. The Balaban J connectivity index is 1.79. The van der Waals surface area contributed by atoms with E-state index in [1.807, 2.05) is 60.8 Å². The number of aromatic nitrogens is 1. The second kappa shape index (κ2) is 8.08. The monoisotopic (exact) mass is 387 g/mol. The molecule has 0 saturated carbocycles. The van der Waals surface area contributed by atoms with Crippen LogP contribution in [0.3, 0.4) is 0 Å². The summed E-state index contributed by atoms with van der Waals surface area (Å²) in [6.45, 7) is 0.752. The van der Waals surface area contributed by atoms with Crippen LogP contribution in [-0.2, 0) is 21.5 Å². The fraction of sp³-hybridized carbons (Fsp3) is 0.280. The molecule has 2 aromatic carbocycles. The van der Waals surface area contributed by atoms with E-state index in [4.69, 9.17) is 5.11 Å². The molecule has 0 fully saturated rings. The summed E-state index contributed by atoms with van der Waals surface area (Å²) in [5.41, 5.74) is 2.43. The highest BCUT2D eigenvalue weighted by Gasteiger charge is 2.53. The number of benzene rings is 2. The molecule has 2 atom stereocenters. The molecule has 1 aliphatic heterocycles. The summed E-state index contributed by atoms with van der Waals surface area (Å²) in [4.78, 5) is 24.8. The molecule has 148 valence electrons. The van der Waals surface area contributed by atoms with Gasteiger partial charge in [-0.15, -0.1) is 0 Å². The van der Waals surface area contributed by atoms with Crippen LogP contribution >= 0.6 is 0 Å². The fourth-order valence-corrected chi connectivity index (χ4v) is 4.79. The second-order valence-electron chi connectivity index (χ2n) is 7.71. The summed E-state index contributed by atoms with van der Waals surface area (Å²) in [5, 5.41) is 8.92. The van der Waals surface area contributed by atoms with Gasteiger partial charge in [-0.25, -0.2) is 0 Å². The number of carbonyl (C=O) groups is 2. The van der Waals surface area contributed by atoms with Gasteiger partial charge in [-0.2, -0.15) is 0 Å². The maximum absolute atomic E-state index is 13.9. The van der Waals surface area contributed by atoms with Crippen molar-refractivity contribution in [1.29, 1.82) is 0 Å². The molecule has 1 N–H and O–H groups in total. The zero-order chi connectivity index (χ0) is 20.3. The lowest BCUT2D eigenvalue weighted by atomic mass is 9.64. The Hall–Kier alpha value is -3.14. The highest BCUT2D eigenvalue weighted by atomic mass is 16.4. The third-order valence-electron chi connectivity index (χ3n) is 6.05. The number of carboxylic acid groups (broad SMARTS) is 1. The van der Waals surface area contributed by atoms with Crippen molar-refractivity contribution in [2.24, 2.45) is 0 Å². The summed E-state index contributed by atoms with van der Waals surface area (Å²) < 4.78 is 2.19. The molecule has 0 radical (unpaired) electrons. The first-order valence-electron chi connectivity index (χ1n) is 10.1. The highest BCUT2D eigenvalue weighted by Crippen LogP contribution is 2.51. The van der Waals surface area contributed by atoms with Gasteiger partial charge in [0.2, 0.25) is 0 Å². The average molecular weight is 387 g/mol. The molecule has 0 amide bonds. The Labute approximate surface area is 170 Å². The molecule has 0 aliphatic carbocycles. The Morgan fingerprint density at radius 3 is 2.24 bits per heavy atom. The standard InChI is InChI=1S/C25H25NO3/c27-23(15-7-8-16-24(28)29)25(20-12-5-2-6-13-20)21(19-10-3-1-4-11-19)18-26-17-9-14-22(25)26/h1-6,9-14,17,21H,7-8,15-16,18H2,(H,28,29). The van der Waals surface area contributed by atoms with Gasteiger partial charge in [0.1, 0.15) is 11.2 Å². The zero-order valence-electron chi connectivity index (χ0n) is 16.3. The van der Waals surface area contributed by atoms with E-state index in [2.05, 4.69) is 22.8 Å². The molecule has 2 unspecified atom stereocenters. The van der Waals surface area contributed by atoms with Gasteiger partial charge in [-0.05, 0) is 36.1 Å². The van der Waals surface area contributed by atoms with Gasteiger partial charge in [0.25, 0.3) is 0 Å². The number of nitrogens with zero attached hydrogens (tertiary/aromatic N) is 1. The van der Waals surface area contributed by atoms with Crippen molar-refractivity contribution in [3.63, 3.8) is 0 Å². The quantitative estimate of drug-likeness (QED) is 0.566. The minimum absolute atomic E-state index is 0.00859. The van der Waals surface area contributed by atoms with Crippen molar-refractivity contribution < 1.29 is 14.7 Å². The molecule has 4 heteroatoms. The smallest absolute Gasteiger partial charge is 0.303 e. The Kier molecular flexibility index (Phi) is 5.34. The van der Waals surface area contributed by atoms with Crippen LogP contribution in [0, 0.1) is 0 Å². The molecule has 0 saturated heterocycles. The van der Waals surface area contributed by atoms with E-state index in [1.54, 1.807) is 0 Å². The van der Waals surface area contributed by atoms with Gasteiger partial charge in [-0.1, -0.05) is 60.7 Å². The van der Waals surface area contributed by atoms with E-state index < -0.39 is 11.4 Å². The topological polar surface area (TPSA) is 59.3 Å². The molecule has 0 bridgehead atoms. The predicted molar refractivity (Wildman–Crippen MR) is 112 cm³/mol. The number of carbonyl (C=O) groups excluding carboxylic acids is 1. The molecular weight excluding hydrogens is 362 g/mol. The van der Waals surface area contributed by atoms with Crippen LogP contribution in [0.5, 0.6) is 0 Å². The number of hydrogen-bond acceptors (Lipinski definition) is 2. The van der Waals surface area contributed by atoms with E-state index in [9.17, 15) is 9.59 Å². The van der Waals surface area contributed by atoms with Crippen LogP contribution in [0.1, 0.15) is 48.4 Å². The summed E-state index contributed by atoms with van der Waals surface area (Å²) in [6.07, 6.45) is 3.62. The summed E-state index contributed by atoms with van der Waals surface area (Å²) in [7, 11) is 0. The minimum atomic E-state index is -0.813. The third-order valence-corrected chi connectivity index (χ3v) is 6.05. The van der Waals surface area contributed by atoms with Gasteiger partial charge in [0.15, 0.2) is 0 Å². The number of rotatable bonds is 8. The zero-order valence-corrected chi connectivity index (χ0v) is 16.3. The summed E-state index contributed by atoms with van der Waals surface area (Å²) >= 11 is 0. The number of ketones is 1. The van der Waals surface area contributed by atoms with Crippen LogP contribution < -0.4 is 0 Å². The predicted octanol–water partition coefficient (Wildman–Crippen LogP) is 4.79. The molecule has 29 heavy (non-hydrogen) atoms. The molecule has 4 nitrogen and oxygen atoms in total. The first-order chi connectivity index (χ1) is 14.1. The highest BCUT2D eigenvalue weighted by molar-refractivity contribution is 5.95. The number of fused-ring (bicyclic) bond motifs is 1. The molecular formula is C25H25NO3. The third kappa shape index (κ3) is 3.39. The van der Waals surface area contributed by atoms with Gasteiger partial charge in [0.05, 0.1) is 0 Å². The first kappa shape index (κ1) is 19.2. The Morgan fingerprint density at radius 2 is 1.55 bits per heavy atom. The number of Topliss-reactive ketones (excluding diaryl/α,β-unsaturated/α-hetero) is 1. The first-order valence-corrected chi connectivity index (χ1v) is 10.1. The molecule has 0 spiro atoms. The minimum Gasteiger partial charge on any atom is -0.481 e. The van der Waals surface area contributed by atoms with Crippen LogP contribution in [0.4, 0.5) is 0 Å². The molecule has 1 aromatic heterocycles. The number of hydrogen-bond donors (Lipinski definition) is 1. The number of unbranched alkanes of at least 4 members (excludes halogenated alkanes) is 1. The van der Waals surface area contributed by atoms with Crippen molar-refractivity contribution in [2.75, 3.05) is 0 Å². The Morgan fingerprint density at radius 1 is 0.897 bits per heavy atom. The van der Waals surface area contributed by atoms with Crippen LogP contribution in [0.15, 0.2) is 79.0 Å². The SMILES string of the molecule is O=C(O)CCCCC(=O)C1(c2ccccc2)c2cccn2CC1c1ccccc1. The summed E-state index contributed by atoms with van der Waals surface area (Å²) in [6, 6.07) is 24.4. The number of carboxylic acids is 1. The van der Waals surface area contributed by atoms with Crippen molar-refractivity contribution in [3.8, 4) is 0 Å². The van der Waals surface area contributed by atoms with Crippen molar-refractivity contribution >= 4 is 11.8 Å². The van der Waals surface area contributed by atoms with E-state index in [-0.39, 0.29) is 18.1 Å². The van der Waals surface area contributed by atoms with Gasteiger partial charge >= 0.3 is 5.97 Å². The van der Waals surface area contributed by atoms with E-state index in [1.165, 1.54) is 0 Å². The molecule has 2 heterocycles. The van der Waals surface area contributed by atoms with Crippen LogP contribution in [-0.4, -0.2) is 21.4 Å². The molecule has 3 aromatic rings.